The molecule has 0 aliphatic rings. The number of ether oxygens (including phenoxy) is 1. The minimum Gasteiger partial charge on any atom is -0.503 e. The van der Waals surface area contributed by atoms with Crippen LogP contribution in [0.3, 0.4) is 0 Å². The fourth-order valence-electron chi connectivity index (χ4n) is 2.43. The minimum atomic E-state index is -0.728. The highest BCUT2D eigenvalue weighted by molar-refractivity contribution is 8.00. The Balaban J connectivity index is 2.66. The predicted octanol–water partition coefficient (Wildman–Crippen LogP) is 3.29. The maximum atomic E-state index is 12.1. The fraction of sp³-hybridized carbons (Fsp3) is 0.263. The molecule has 0 radical (unpaired) electrons. The third-order valence-corrected chi connectivity index (χ3v) is 4.86. The van der Waals surface area contributed by atoms with E-state index in [0.29, 0.717) is 16.4 Å². The van der Waals surface area contributed by atoms with E-state index in [-0.39, 0.29) is 23.6 Å². The van der Waals surface area contributed by atoms with Crippen molar-refractivity contribution in [3.05, 3.63) is 52.9 Å². The maximum absolute atomic E-state index is 12.1. The molecule has 7 nitrogen and oxygen atoms in total. The van der Waals surface area contributed by atoms with Gasteiger partial charge in [-0.3, -0.25) is 4.79 Å². The molecule has 0 saturated heterocycles. The van der Waals surface area contributed by atoms with E-state index in [9.17, 15) is 10.1 Å². The summed E-state index contributed by atoms with van der Waals surface area (Å²) < 4.78 is 5.60. The van der Waals surface area contributed by atoms with Crippen LogP contribution in [0.4, 0.5) is 11.5 Å². The van der Waals surface area contributed by atoms with Crippen LogP contribution in [0.25, 0.3) is 4.85 Å². The zero-order valence-corrected chi connectivity index (χ0v) is 16.1. The first kappa shape index (κ1) is 20.1. The van der Waals surface area contributed by atoms with Gasteiger partial charge < -0.3 is 15.4 Å². The number of nitrogens with zero attached hydrogens (tertiary/aromatic N) is 4. The van der Waals surface area contributed by atoms with E-state index in [0.717, 1.165) is 11.8 Å². The number of nitrogens with two attached hydrogens (primary N) is 1. The van der Waals surface area contributed by atoms with E-state index < -0.39 is 11.2 Å². The molecule has 0 aliphatic carbocycles. The Morgan fingerprint density at radius 1 is 1.44 bits per heavy atom. The van der Waals surface area contributed by atoms with Crippen LogP contribution in [0.1, 0.15) is 23.3 Å². The molecule has 27 heavy (non-hydrogen) atoms. The summed E-state index contributed by atoms with van der Waals surface area (Å²) in [5, 5.41) is 9.25. The van der Waals surface area contributed by atoms with Crippen LogP contribution in [-0.4, -0.2) is 31.6 Å². The van der Waals surface area contributed by atoms with Crippen LogP contribution in [0.2, 0.25) is 0 Å². The van der Waals surface area contributed by atoms with Crippen LogP contribution >= 0.6 is 11.8 Å². The summed E-state index contributed by atoms with van der Waals surface area (Å²) in [4.78, 5) is 21.7. The quantitative estimate of drug-likeness (QED) is 0.584. The van der Waals surface area contributed by atoms with Crippen molar-refractivity contribution in [2.24, 2.45) is 5.73 Å². The second-order valence-corrected chi connectivity index (χ2v) is 6.75. The van der Waals surface area contributed by atoms with Crippen LogP contribution in [-0.2, 0) is 4.79 Å². The number of hydrogen-bond acceptors (Lipinski definition) is 6. The van der Waals surface area contributed by atoms with E-state index in [1.54, 1.807) is 38.1 Å². The van der Waals surface area contributed by atoms with Crippen molar-refractivity contribution in [3.8, 4) is 11.8 Å². The highest BCUT2D eigenvalue weighted by Gasteiger charge is 2.27. The molecule has 1 heterocycles. The zero-order chi connectivity index (χ0) is 20.0. The van der Waals surface area contributed by atoms with Gasteiger partial charge in [-0.05, 0) is 12.5 Å². The van der Waals surface area contributed by atoms with Gasteiger partial charge in [0.2, 0.25) is 5.91 Å². The molecular weight excluding hydrogens is 362 g/mol. The first-order valence-corrected chi connectivity index (χ1v) is 8.99. The second kappa shape index (κ2) is 8.93. The molecule has 2 N–H and O–H groups in total. The van der Waals surface area contributed by atoms with Gasteiger partial charge >= 0.3 is 0 Å². The summed E-state index contributed by atoms with van der Waals surface area (Å²) in [5.74, 6) is -0.00535. The largest absolute Gasteiger partial charge is 0.503 e. The molecular formula is C19H19N5O2S. The maximum Gasteiger partial charge on any atom is 0.270 e. The topological polar surface area (TPSA) is 96.6 Å². The molecule has 2 rings (SSSR count). The number of carbonyl (C=O) groups is 1. The number of aromatic nitrogens is 1. The lowest BCUT2D eigenvalue weighted by molar-refractivity contribution is -0.117. The molecule has 1 aromatic heterocycles. The van der Waals surface area contributed by atoms with Gasteiger partial charge in [0.25, 0.3) is 5.69 Å². The average molecular weight is 381 g/mol. The lowest BCUT2D eigenvalue weighted by atomic mass is 10.1. The molecule has 2 aromatic rings. The van der Waals surface area contributed by atoms with Crippen molar-refractivity contribution in [2.75, 3.05) is 25.6 Å². The Labute approximate surface area is 162 Å². The van der Waals surface area contributed by atoms with E-state index >= 15 is 0 Å². The van der Waals surface area contributed by atoms with Crippen LogP contribution in [0.15, 0.2) is 35.4 Å². The molecule has 0 fully saturated rings. The third kappa shape index (κ3) is 4.30. The Bertz CT molecular complexity index is 916. The smallest absolute Gasteiger partial charge is 0.270 e. The highest BCUT2D eigenvalue weighted by atomic mass is 32.2. The molecule has 138 valence electrons. The summed E-state index contributed by atoms with van der Waals surface area (Å²) in [7, 11) is 3.49. The Kier molecular flexibility index (Phi) is 6.64. The predicted molar refractivity (Wildman–Crippen MR) is 105 cm³/mol. The molecule has 1 amide bonds. The van der Waals surface area contributed by atoms with Crippen molar-refractivity contribution in [1.82, 2.24) is 4.98 Å². The van der Waals surface area contributed by atoms with Gasteiger partial charge in [0.1, 0.15) is 27.7 Å². The second-order valence-electron chi connectivity index (χ2n) is 5.66. The molecule has 0 spiro atoms. The van der Waals surface area contributed by atoms with Crippen molar-refractivity contribution in [3.63, 3.8) is 0 Å². The Morgan fingerprint density at radius 3 is 2.59 bits per heavy atom. The summed E-state index contributed by atoms with van der Waals surface area (Å²) in [6.07, 6.45) is 0. The van der Waals surface area contributed by atoms with Crippen LogP contribution in [0.5, 0.6) is 5.75 Å². The van der Waals surface area contributed by atoms with Crippen molar-refractivity contribution >= 4 is 29.2 Å². The minimum absolute atomic E-state index is 0.126. The summed E-state index contributed by atoms with van der Waals surface area (Å²) in [6, 6.07) is 11.1. The molecule has 1 aromatic carbocycles. The van der Waals surface area contributed by atoms with Gasteiger partial charge in [-0.2, -0.15) is 5.26 Å². The summed E-state index contributed by atoms with van der Waals surface area (Å²) >= 11 is 1.07. The molecule has 1 unspecified atom stereocenters. The first-order chi connectivity index (χ1) is 12.9. The fourth-order valence-corrected chi connectivity index (χ4v) is 3.46. The van der Waals surface area contributed by atoms with Gasteiger partial charge in [0.15, 0.2) is 5.75 Å². The number of amides is 1. The van der Waals surface area contributed by atoms with E-state index in [1.165, 1.54) is 0 Å². The number of primary amides is 1. The van der Waals surface area contributed by atoms with Crippen molar-refractivity contribution in [2.45, 2.75) is 17.2 Å². The standard InChI is InChI=1S/C19H19N5O2S/c1-5-26-15-13(11-20)19(23-18(24(3)4)14(15)22-2)27-16(17(21)25)12-9-7-6-8-10-12/h6-10,16H,5H2,1,3-4H3,(H2,21,25). The van der Waals surface area contributed by atoms with Gasteiger partial charge in [-0.1, -0.05) is 42.1 Å². The number of hydrogen-bond donors (Lipinski definition) is 1. The first-order valence-electron chi connectivity index (χ1n) is 8.11. The van der Waals surface area contributed by atoms with Crippen molar-refractivity contribution in [1.29, 1.82) is 5.26 Å². The van der Waals surface area contributed by atoms with Gasteiger partial charge in [-0.25, -0.2) is 9.83 Å². The zero-order valence-electron chi connectivity index (χ0n) is 15.3. The lowest BCUT2D eigenvalue weighted by Crippen LogP contribution is -2.19. The van der Waals surface area contributed by atoms with E-state index in [4.69, 9.17) is 17.0 Å². The van der Waals surface area contributed by atoms with Crippen molar-refractivity contribution < 1.29 is 9.53 Å². The lowest BCUT2D eigenvalue weighted by Gasteiger charge is -2.20. The number of rotatable bonds is 7. The average Bonchev–Trinajstić information content (AvgIpc) is 2.66. The monoisotopic (exact) mass is 381 g/mol. The summed E-state index contributed by atoms with van der Waals surface area (Å²) in [6.45, 7) is 9.53. The van der Waals surface area contributed by atoms with Crippen LogP contribution < -0.4 is 15.4 Å². The van der Waals surface area contributed by atoms with Gasteiger partial charge in [-0.15, -0.1) is 0 Å². The number of benzene rings is 1. The molecule has 0 bridgehead atoms. The van der Waals surface area contributed by atoms with Crippen LogP contribution in [0, 0.1) is 17.9 Å². The highest BCUT2D eigenvalue weighted by Crippen LogP contribution is 2.45. The normalized spacial score (nSPS) is 11.1. The Hall–Kier alpha value is -3.23. The summed E-state index contributed by atoms with van der Waals surface area (Å²) in [5.41, 5.74) is 6.60. The number of thioether (sulfide) groups is 1. The number of pyridine rings is 1. The van der Waals surface area contributed by atoms with E-state index in [2.05, 4.69) is 15.9 Å². The Morgan fingerprint density at radius 2 is 2.11 bits per heavy atom. The molecule has 1 atom stereocenters. The van der Waals surface area contributed by atoms with Gasteiger partial charge in [0, 0.05) is 14.1 Å². The number of carbonyl (C=O) groups excluding carboxylic acids is 1. The van der Waals surface area contributed by atoms with Gasteiger partial charge in [0.05, 0.1) is 13.2 Å². The molecule has 8 heteroatoms. The number of anilines is 1. The SMILES string of the molecule is [C-]#[N+]c1c(N(C)C)nc(SC(C(N)=O)c2ccccc2)c(C#N)c1OCC. The number of nitriles is 1. The molecule has 0 saturated carbocycles. The molecule has 0 aliphatic heterocycles. The van der Waals surface area contributed by atoms with E-state index in [1.807, 2.05) is 18.2 Å². The third-order valence-electron chi connectivity index (χ3n) is 3.60.